The van der Waals surface area contributed by atoms with Gasteiger partial charge in [-0.25, -0.2) is 13.6 Å². The Kier molecular flexibility index (Phi) is 6.93. The lowest BCUT2D eigenvalue weighted by atomic mass is 9.85. The van der Waals surface area contributed by atoms with E-state index >= 15 is 0 Å². The zero-order valence-electron chi connectivity index (χ0n) is 15.8. The summed E-state index contributed by atoms with van der Waals surface area (Å²) in [5.41, 5.74) is 0.797. The summed E-state index contributed by atoms with van der Waals surface area (Å²) in [7, 11) is -3.72. The summed E-state index contributed by atoms with van der Waals surface area (Å²) in [6.45, 7) is 3.45. The Hall–Kier alpha value is -2.71. The molecule has 0 heterocycles. The molecule has 1 amide bonds. The van der Waals surface area contributed by atoms with Crippen molar-refractivity contribution in [2.75, 3.05) is 13.2 Å². The lowest BCUT2D eigenvalue weighted by Gasteiger charge is -2.22. The van der Waals surface area contributed by atoms with Gasteiger partial charge in [0.2, 0.25) is 10.0 Å². The van der Waals surface area contributed by atoms with E-state index in [0.717, 1.165) is 11.1 Å². The molecule has 0 saturated heterocycles. The van der Waals surface area contributed by atoms with Gasteiger partial charge in [0.25, 0.3) is 5.91 Å². The summed E-state index contributed by atoms with van der Waals surface area (Å²) in [5, 5.41) is 7.71. The molecule has 3 N–H and O–H groups in total. The van der Waals surface area contributed by atoms with E-state index in [1.807, 2.05) is 30.3 Å². The summed E-state index contributed by atoms with van der Waals surface area (Å²) in [6, 6.07) is 15.3. The average molecular weight is 404 g/mol. The van der Waals surface area contributed by atoms with Crippen LogP contribution in [0.3, 0.4) is 0 Å². The number of nitrogens with one attached hydrogen (secondary N) is 1. The summed E-state index contributed by atoms with van der Waals surface area (Å²) < 4.78 is 27.6. The number of amides is 1. The quantitative estimate of drug-likeness (QED) is 0.647. The molecular formula is C20H24N2O5S. The van der Waals surface area contributed by atoms with Gasteiger partial charge in [0.15, 0.2) is 6.61 Å². The highest BCUT2D eigenvalue weighted by molar-refractivity contribution is 7.89. The Balaban J connectivity index is 1.78. The molecule has 0 saturated carbocycles. The maximum Gasteiger partial charge on any atom is 0.316 e. The standard InChI is InChI=1S/C20H24N2O5S/c1-20(2,16-6-4-3-5-7-16)19(24)27-14-18(23)22-13-12-15-8-10-17(11-9-15)28(21,25)26/h3-11H,12-14H2,1-2H3,(H,22,23)(H2,21,25,26). The smallest absolute Gasteiger partial charge is 0.316 e. The third kappa shape index (κ3) is 5.90. The Labute approximate surface area is 164 Å². The van der Waals surface area contributed by atoms with Crippen molar-refractivity contribution in [3.05, 3.63) is 65.7 Å². The van der Waals surface area contributed by atoms with Gasteiger partial charge in [0, 0.05) is 6.54 Å². The second-order valence-corrected chi connectivity index (χ2v) is 8.42. The molecule has 0 aliphatic carbocycles. The zero-order chi connectivity index (χ0) is 20.8. The second kappa shape index (κ2) is 8.99. The third-order valence-electron chi connectivity index (χ3n) is 4.33. The first-order valence-electron chi connectivity index (χ1n) is 8.72. The molecule has 0 radical (unpaired) electrons. The summed E-state index contributed by atoms with van der Waals surface area (Å²) in [5.74, 6) is -0.884. The highest BCUT2D eigenvalue weighted by Crippen LogP contribution is 2.24. The van der Waals surface area contributed by atoms with Crippen molar-refractivity contribution >= 4 is 21.9 Å². The van der Waals surface area contributed by atoms with E-state index < -0.39 is 27.3 Å². The van der Waals surface area contributed by atoms with Gasteiger partial charge < -0.3 is 10.1 Å². The van der Waals surface area contributed by atoms with Gasteiger partial charge in [0.05, 0.1) is 10.3 Å². The molecule has 28 heavy (non-hydrogen) atoms. The summed E-state index contributed by atoms with van der Waals surface area (Å²) in [4.78, 5) is 24.3. The molecule has 0 bridgehead atoms. The fourth-order valence-electron chi connectivity index (χ4n) is 2.53. The van der Waals surface area contributed by atoms with E-state index in [4.69, 9.17) is 9.88 Å². The number of carbonyl (C=O) groups is 2. The number of rotatable bonds is 8. The van der Waals surface area contributed by atoms with Crippen molar-refractivity contribution in [3.63, 3.8) is 0 Å². The number of benzene rings is 2. The van der Waals surface area contributed by atoms with Gasteiger partial charge >= 0.3 is 5.97 Å². The van der Waals surface area contributed by atoms with Crippen molar-refractivity contribution in [1.82, 2.24) is 5.32 Å². The van der Waals surface area contributed by atoms with Crippen molar-refractivity contribution in [2.24, 2.45) is 5.14 Å². The molecular weight excluding hydrogens is 380 g/mol. The molecule has 0 aliphatic heterocycles. The Morgan fingerprint density at radius 2 is 1.64 bits per heavy atom. The van der Waals surface area contributed by atoms with Gasteiger partial charge in [-0.2, -0.15) is 0 Å². The van der Waals surface area contributed by atoms with Crippen LogP contribution >= 0.6 is 0 Å². The first-order chi connectivity index (χ1) is 13.1. The van der Waals surface area contributed by atoms with Crippen LogP contribution in [0.2, 0.25) is 0 Å². The van der Waals surface area contributed by atoms with Crippen LogP contribution in [0.5, 0.6) is 0 Å². The van der Waals surface area contributed by atoms with Crippen LogP contribution in [-0.4, -0.2) is 33.4 Å². The Morgan fingerprint density at radius 1 is 1.04 bits per heavy atom. The monoisotopic (exact) mass is 404 g/mol. The maximum atomic E-state index is 12.3. The predicted molar refractivity (Wildman–Crippen MR) is 105 cm³/mol. The molecule has 0 aromatic heterocycles. The Morgan fingerprint density at radius 3 is 2.21 bits per heavy atom. The van der Waals surface area contributed by atoms with Crippen LogP contribution in [0, 0.1) is 0 Å². The SMILES string of the molecule is CC(C)(C(=O)OCC(=O)NCCc1ccc(S(N)(=O)=O)cc1)c1ccccc1. The molecule has 0 spiro atoms. The number of nitrogens with two attached hydrogens (primary N) is 1. The minimum absolute atomic E-state index is 0.0354. The number of sulfonamides is 1. The van der Waals surface area contributed by atoms with E-state index in [1.165, 1.54) is 12.1 Å². The van der Waals surface area contributed by atoms with Gasteiger partial charge in [-0.1, -0.05) is 42.5 Å². The first-order valence-corrected chi connectivity index (χ1v) is 10.3. The van der Waals surface area contributed by atoms with Crippen LogP contribution in [0.4, 0.5) is 0 Å². The average Bonchev–Trinajstić information content (AvgIpc) is 2.66. The third-order valence-corrected chi connectivity index (χ3v) is 5.26. The minimum atomic E-state index is -3.72. The first kappa shape index (κ1) is 21.6. The van der Waals surface area contributed by atoms with Gasteiger partial charge in [-0.3, -0.25) is 9.59 Å². The number of primary sulfonamides is 1. The lowest BCUT2D eigenvalue weighted by Crippen LogP contribution is -2.36. The van der Waals surface area contributed by atoms with E-state index in [1.54, 1.807) is 26.0 Å². The molecule has 8 heteroatoms. The van der Waals surface area contributed by atoms with E-state index in [-0.39, 0.29) is 11.5 Å². The minimum Gasteiger partial charge on any atom is -0.455 e. The molecule has 2 aromatic rings. The van der Waals surface area contributed by atoms with Crippen molar-refractivity contribution in [3.8, 4) is 0 Å². The molecule has 0 fully saturated rings. The highest BCUT2D eigenvalue weighted by Gasteiger charge is 2.31. The summed E-state index contributed by atoms with van der Waals surface area (Å²) in [6.07, 6.45) is 0.500. The normalized spacial score (nSPS) is 11.7. The van der Waals surface area contributed by atoms with E-state index in [9.17, 15) is 18.0 Å². The van der Waals surface area contributed by atoms with Crippen LogP contribution in [0.1, 0.15) is 25.0 Å². The topological polar surface area (TPSA) is 116 Å². The molecule has 2 rings (SSSR count). The van der Waals surface area contributed by atoms with Crippen molar-refractivity contribution in [1.29, 1.82) is 0 Å². The Bertz CT molecular complexity index is 923. The van der Waals surface area contributed by atoms with E-state index in [0.29, 0.717) is 13.0 Å². The number of hydrogen-bond acceptors (Lipinski definition) is 5. The van der Waals surface area contributed by atoms with Crippen LogP contribution in [-0.2, 0) is 36.2 Å². The van der Waals surface area contributed by atoms with Crippen molar-refractivity contribution in [2.45, 2.75) is 30.6 Å². The predicted octanol–water partition coefficient (Wildman–Crippen LogP) is 1.51. The molecule has 150 valence electrons. The number of hydrogen-bond donors (Lipinski definition) is 2. The fourth-order valence-corrected chi connectivity index (χ4v) is 3.04. The van der Waals surface area contributed by atoms with Crippen LogP contribution in [0.25, 0.3) is 0 Å². The highest BCUT2D eigenvalue weighted by atomic mass is 32.2. The molecule has 0 unspecified atom stereocenters. The van der Waals surface area contributed by atoms with Crippen LogP contribution in [0.15, 0.2) is 59.5 Å². The zero-order valence-corrected chi connectivity index (χ0v) is 16.7. The van der Waals surface area contributed by atoms with Gasteiger partial charge in [-0.15, -0.1) is 0 Å². The largest absolute Gasteiger partial charge is 0.455 e. The molecule has 2 aromatic carbocycles. The van der Waals surface area contributed by atoms with E-state index in [2.05, 4.69) is 5.32 Å². The summed E-state index contributed by atoms with van der Waals surface area (Å²) >= 11 is 0. The van der Waals surface area contributed by atoms with Gasteiger partial charge in [0.1, 0.15) is 0 Å². The fraction of sp³-hybridized carbons (Fsp3) is 0.300. The van der Waals surface area contributed by atoms with Crippen LogP contribution < -0.4 is 10.5 Å². The lowest BCUT2D eigenvalue weighted by molar-refractivity contribution is -0.153. The number of esters is 1. The number of ether oxygens (including phenoxy) is 1. The molecule has 0 atom stereocenters. The van der Waals surface area contributed by atoms with Gasteiger partial charge in [-0.05, 0) is 43.5 Å². The van der Waals surface area contributed by atoms with Crippen molar-refractivity contribution < 1.29 is 22.7 Å². The molecule has 7 nitrogen and oxygen atoms in total. The number of carbonyl (C=O) groups excluding carboxylic acids is 2. The molecule has 0 aliphatic rings. The second-order valence-electron chi connectivity index (χ2n) is 6.86. The maximum absolute atomic E-state index is 12.3.